The molecule has 0 aliphatic rings. The average molecular weight is 351 g/mol. The van der Waals surface area contributed by atoms with E-state index in [0.717, 1.165) is 43.4 Å². The van der Waals surface area contributed by atoms with Gasteiger partial charge in [-0.3, -0.25) is 4.79 Å². The summed E-state index contributed by atoms with van der Waals surface area (Å²) < 4.78 is 0. The third-order valence-electron chi connectivity index (χ3n) is 4.19. The monoisotopic (exact) mass is 350 g/mol. The zero-order valence-electron chi connectivity index (χ0n) is 14.9. The number of hydrogen-bond acceptors (Lipinski definition) is 4. The number of aliphatic hydroxyl groups excluding tert-OH is 1. The van der Waals surface area contributed by atoms with Crippen molar-refractivity contribution >= 4 is 22.7 Å². The molecule has 0 aliphatic heterocycles. The molecule has 24 heavy (non-hydrogen) atoms. The van der Waals surface area contributed by atoms with Gasteiger partial charge in [-0.1, -0.05) is 69.0 Å². The fourth-order valence-corrected chi connectivity index (χ4v) is 3.41. The van der Waals surface area contributed by atoms with E-state index in [1.807, 2.05) is 37.3 Å². The highest BCUT2D eigenvalue weighted by molar-refractivity contribution is 8.13. The summed E-state index contributed by atoms with van der Waals surface area (Å²) >= 11 is 1.21. The van der Waals surface area contributed by atoms with Crippen LogP contribution in [0.5, 0.6) is 0 Å². The van der Waals surface area contributed by atoms with E-state index in [-0.39, 0.29) is 16.8 Å². The van der Waals surface area contributed by atoms with E-state index in [4.69, 9.17) is 0 Å². The normalized spacial score (nSPS) is 13.5. The second kappa shape index (κ2) is 12.3. The number of Topliss-reactive ketones (excluding diaryl/α,β-unsaturated/α-hetero) is 1. The number of hydrogen-bond donors (Lipinski definition) is 1. The second-order valence-corrected chi connectivity index (χ2v) is 7.53. The van der Waals surface area contributed by atoms with Crippen molar-refractivity contribution in [2.75, 3.05) is 0 Å². The van der Waals surface area contributed by atoms with Crippen LogP contribution in [0.1, 0.15) is 65.2 Å². The summed E-state index contributed by atoms with van der Waals surface area (Å²) in [5, 5.41) is 10.2. The quantitative estimate of drug-likeness (QED) is 0.425. The van der Waals surface area contributed by atoms with E-state index in [1.54, 1.807) is 6.92 Å². The van der Waals surface area contributed by atoms with Gasteiger partial charge in [0.2, 0.25) is 0 Å². The first-order valence-electron chi connectivity index (χ1n) is 8.95. The Hall–Kier alpha value is -1.13. The molecule has 0 spiro atoms. The highest BCUT2D eigenvalue weighted by atomic mass is 32.2. The van der Waals surface area contributed by atoms with Gasteiger partial charge in [0.1, 0.15) is 5.78 Å². The smallest absolute Gasteiger partial charge is 0.199 e. The molecule has 0 unspecified atom stereocenters. The van der Waals surface area contributed by atoms with E-state index >= 15 is 0 Å². The standard InChI is InChI=1S/C20H30O3S/c1-16(21)12-8-5-3-4-6-11-15-19(22)17(2)20(23)24-18-13-9-7-10-14-18/h7,9-10,13-14,17,19,22H,3-6,8,11-12,15H2,1-2H3/t17-,19+/m0/s1. The molecule has 2 atom stereocenters. The molecule has 0 amide bonds. The molecule has 0 heterocycles. The maximum Gasteiger partial charge on any atom is 0.199 e. The van der Waals surface area contributed by atoms with Gasteiger partial charge in [0, 0.05) is 11.3 Å². The van der Waals surface area contributed by atoms with E-state index in [2.05, 4.69) is 0 Å². The molecule has 0 aliphatic carbocycles. The van der Waals surface area contributed by atoms with E-state index in [9.17, 15) is 14.7 Å². The van der Waals surface area contributed by atoms with Crippen LogP contribution in [0.4, 0.5) is 0 Å². The molecular formula is C20H30O3S. The van der Waals surface area contributed by atoms with Gasteiger partial charge in [-0.05, 0) is 31.9 Å². The van der Waals surface area contributed by atoms with Crippen molar-refractivity contribution in [1.82, 2.24) is 0 Å². The molecule has 0 aromatic heterocycles. The lowest BCUT2D eigenvalue weighted by Gasteiger charge is -2.17. The van der Waals surface area contributed by atoms with Crippen LogP contribution >= 0.6 is 11.8 Å². The largest absolute Gasteiger partial charge is 0.392 e. The van der Waals surface area contributed by atoms with Gasteiger partial charge in [-0.15, -0.1) is 0 Å². The minimum absolute atomic E-state index is 0.0259. The highest BCUT2D eigenvalue weighted by Crippen LogP contribution is 2.25. The minimum Gasteiger partial charge on any atom is -0.392 e. The van der Waals surface area contributed by atoms with E-state index in [1.165, 1.54) is 11.8 Å². The SMILES string of the molecule is CC(=O)CCCCCCCC[C@@H](O)[C@H](C)C(=O)Sc1ccccc1. The van der Waals surface area contributed by atoms with Crippen LogP contribution in [0.2, 0.25) is 0 Å². The fraction of sp³-hybridized carbons (Fsp3) is 0.600. The van der Waals surface area contributed by atoms with Gasteiger partial charge < -0.3 is 9.90 Å². The molecule has 0 saturated carbocycles. The number of unbranched alkanes of at least 4 members (excludes halogenated alkanes) is 5. The van der Waals surface area contributed by atoms with Crippen molar-refractivity contribution in [2.24, 2.45) is 5.92 Å². The Morgan fingerprint density at radius 1 is 1.00 bits per heavy atom. The molecule has 134 valence electrons. The molecular weight excluding hydrogens is 320 g/mol. The lowest BCUT2D eigenvalue weighted by atomic mass is 9.99. The number of carbonyl (C=O) groups is 2. The zero-order valence-corrected chi connectivity index (χ0v) is 15.7. The number of thioether (sulfide) groups is 1. The van der Waals surface area contributed by atoms with Crippen LogP contribution in [0.25, 0.3) is 0 Å². The number of ketones is 1. The fourth-order valence-electron chi connectivity index (χ4n) is 2.54. The summed E-state index contributed by atoms with van der Waals surface area (Å²) in [6.07, 6.45) is 7.18. The van der Waals surface area contributed by atoms with Crippen LogP contribution in [0.3, 0.4) is 0 Å². The van der Waals surface area contributed by atoms with Gasteiger partial charge >= 0.3 is 0 Å². The average Bonchev–Trinajstić information content (AvgIpc) is 2.56. The van der Waals surface area contributed by atoms with Crippen LogP contribution in [0, 0.1) is 5.92 Å². The number of carbonyl (C=O) groups excluding carboxylic acids is 2. The maximum absolute atomic E-state index is 12.2. The van der Waals surface area contributed by atoms with E-state index in [0.29, 0.717) is 12.8 Å². The van der Waals surface area contributed by atoms with Crippen molar-refractivity contribution in [3.05, 3.63) is 30.3 Å². The highest BCUT2D eigenvalue weighted by Gasteiger charge is 2.22. The Bertz CT molecular complexity index is 487. The number of rotatable bonds is 12. The predicted molar refractivity (Wildman–Crippen MR) is 100 cm³/mol. The molecule has 0 bridgehead atoms. The molecule has 1 aromatic rings. The summed E-state index contributed by atoms with van der Waals surface area (Å²) in [6.45, 7) is 3.45. The Morgan fingerprint density at radius 3 is 2.21 bits per heavy atom. The molecule has 1 N–H and O–H groups in total. The van der Waals surface area contributed by atoms with Crippen molar-refractivity contribution in [1.29, 1.82) is 0 Å². The maximum atomic E-state index is 12.2. The summed E-state index contributed by atoms with van der Waals surface area (Å²) in [5.74, 6) is -0.0732. The first kappa shape index (κ1) is 20.9. The van der Waals surface area contributed by atoms with Crippen LogP contribution in [-0.4, -0.2) is 22.1 Å². The van der Waals surface area contributed by atoms with Gasteiger partial charge in [0.15, 0.2) is 5.12 Å². The molecule has 3 nitrogen and oxygen atoms in total. The Labute approximate surface area is 150 Å². The number of aliphatic hydroxyl groups is 1. The predicted octanol–water partition coefficient (Wildman–Crippen LogP) is 5.01. The summed E-state index contributed by atoms with van der Waals surface area (Å²) in [6, 6.07) is 9.56. The van der Waals surface area contributed by atoms with E-state index < -0.39 is 6.10 Å². The van der Waals surface area contributed by atoms with Crippen LogP contribution in [-0.2, 0) is 9.59 Å². The van der Waals surface area contributed by atoms with Gasteiger partial charge in [0.25, 0.3) is 0 Å². The Balaban J connectivity index is 2.12. The van der Waals surface area contributed by atoms with Crippen molar-refractivity contribution in [3.8, 4) is 0 Å². The third kappa shape index (κ3) is 9.24. The summed E-state index contributed by atoms with van der Waals surface area (Å²) in [4.78, 5) is 23.9. The zero-order chi connectivity index (χ0) is 17.8. The first-order chi connectivity index (χ1) is 11.5. The Morgan fingerprint density at radius 2 is 1.58 bits per heavy atom. The minimum atomic E-state index is -0.563. The van der Waals surface area contributed by atoms with Crippen molar-refractivity contribution in [3.63, 3.8) is 0 Å². The van der Waals surface area contributed by atoms with Crippen molar-refractivity contribution < 1.29 is 14.7 Å². The third-order valence-corrected chi connectivity index (χ3v) is 5.27. The second-order valence-electron chi connectivity index (χ2n) is 6.45. The van der Waals surface area contributed by atoms with Crippen LogP contribution in [0.15, 0.2) is 35.2 Å². The molecule has 1 aromatic carbocycles. The topological polar surface area (TPSA) is 54.4 Å². The summed E-state index contributed by atoms with van der Waals surface area (Å²) in [7, 11) is 0. The van der Waals surface area contributed by atoms with Gasteiger partial charge in [-0.25, -0.2) is 0 Å². The van der Waals surface area contributed by atoms with Crippen LogP contribution < -0.4 is 0 Å². The molecule has 0 fully saturated rings. The lowest BCUT2D eigenvalue weighted by molar-refractivity contribution is -0.118. The first-order valence-corrected chi connectivity index (χ1v) is 9.76. The van der Waals surface area contributed by atoms with Gasteiger partial charge in [-0.2, -0.15) is 0 Å². The van der Waals surface area contributed by atoms with Crippen molar-refractivity contribution in [2.45, 2.75) is 76.2 Å². The Kier molecular flexibility index (Phi) is 10.7. The molecule has 4 heteroatoms. The molecule has 0 saturated heterocycles. The number of benzene rings is 1. The molecule has 1 rings (SSSR count). The van der Waals surface area contributed by atoms with Gasteiger partial charge in [0.05, 0.1) is 12.0 Å². The summed E-state index contributed by atoms with van der Waals surface area (Å²) in [5.41, 5.74) is 0. The lowest BCUT2D eigenvalue weighted by Crippen LogP contribution is -2.23. The molecule has 0 radical (unpaired) electrons.